The molecule has 0 unspecified atom stereocenters. The van der Waals surface area contributed by atoms with Gasteiger partial charge in [-0.25, -0.2) is 0 Å². The molecule has 0 spiro atoms. The summed E-state index contributed by atoms with van der Waals surface area (Å²) in [6, 6.07) is 0. The first-order chi connectivity index (χ1) is 5.51. The van der Waals surface area contributed by atoms with E-state index in [4.69, 9.17) is 4.74 Å². The fourth-order valence-corrected chi connectivity index (χ4v) is 1.76. The minimum absolute atomic E-state index is 0.0486. The van der Waals surface area contributed by atoms with Crippen molar-refractivity contribution in [3.8, 4) is 0 Å². The second kappa shape index (κ2) is 4.83. The number of aliphatic hydroxyl groups is 1. The van der Waals surface area contributed by atoms with Crippen molar-refractivity contribution in [2.45, 2.75) is 52.2 Å². The number of hydrogen-bond donors (Lipinski definition) is 1. The van der Waals surface area contributed by atoms with Crippen LogP contribution in [0.2, 0.25) is 0 Å². The summed E-state index contributed by atoms with van der Waals surface area (Å²) in [5, 5.41) is 10.1. The Balaban J connectivity index is 4.43. The van der Waals surface area contributed by atoms with Crippen LogP contribution in [-0.4, -0.2) is 23.9 Å². The SMILES string of the molecule is CCC(O)(CC)[C@@H](OC)C(C)C. The third-order valence-corrected chi connectivity index (χ3v) is 2.61. The molecular formula is C10H22O2. The highest BCUT2D eigenvalue weighted by Crippen LogP contribution is 2.26. The number of hydrogen-bond acceptors (Lipinski definition) is 2. The molecule has 0 radical (unpaired) electrons. The van der Waals surface area contributed by atoms with Crippen molar-refractivity contribution in [3.05, 3.63) is 0 Å². The molecule has 0 aliphatic heterocycles. The molecule has 2 nitrogen and oxygen atoms in total. The van der Waals surface area contributed by atoms with Gasteiger partial charge in [0.25, 0.3) is 0 Å². The summed E-state index contributed by atoms with van der Waals surface area (Å²) < 4.78 is 5.31. The van der Waals surface area contributed by atoms with Crippen LogP contribution in [0.4, 0.5) is 0 Å². The van der Waals surface area contributed by atoms with Crippen LogP contribution < -0.4 is 0 Å². The summed E-state index contributed by atoms with van der Waals surface area (Å²) in [7, 11) is 1.67. The Morgan fingerprint density at radius 3 is 1.75 bits per heavy atom. The van der Waals surface area contributed by atoms with E-state index >= 15 is 0 Å². The molecule has 0 aromatic carbocycles. The second-order valence-corrected chi connectivity index (χ2v) is 3.71. The molecule has 0 heterocycles. The molecule has 0 amide bonds. The minimum Gasteiger partial charge on any atom is -0.387 e. The van der Waals surface area contributed by atoms with Gasteiger partial charge in [-0.3, -0.25) is 0 Å². The molecule has 1 atom stereocenters. The van der Waals surface area contributed by atoms with Gasteiger partial charge < -0.3 is 9.84 Å². The normalized spacial score (nSPS) is 15.2. The largest absolute Gasteiger partial charge is 0.387 e. The third-order valence-electron chi connectivity index (χ3n) is 2.61. The summed E-state index contributed by atoms with van der Waals surface area (Å²) in [6.45, 7) is 8.14. The van der Waals surface area contributed by atoms with E-state index in [9.17, 15) is 5.11 Å². The second-order valence-electron chi connectivity index (χ2n) is 3.71. The van der Waals surface area contributed by atoms with Gasteiger partial charge in [-0.15, -0.1) is 0 Å². The zero-order chi connectivity index (χ0) is 9.78. The lowest BCUT2D eigenvalue weighted by molar-refractivity contribution is -0.117. The third kappa shape index (κ3) is 2.46. The highest BCUT2D eigenvalue weighted by molar-refractivity contribution is 4.86. The average Bonchev–Trinajstić information content (AvgIpc) is 2.04. The van der Waals surface area contributed by atoms with Gasteiger partial charge in [0, 0.05) is 7.11 Å². The Morgan fingerprint density at radius 1 is 1.25 bits per heavy atom. The maximum Gasteiger partial charge on any atom is 0.0905 e. The lowest BCUT2D eigenvalue weighted by Gasteiger charge is -2.36. The Labute approximate surface area is 75.9 Å². The van der Waals surface area contributed by atoms with Gasteiger partial charge in [-0.05, 0) is 18.8 Å². The molecular weight excluding hydrogens is 152 g/mol. The van der Waals surface area contributed by atoms with Crippen molar-refractivity contribution >= 4 is 0 Å². The smallest absolute Gasteiger partial charge is 0.0905 e. The zero-order valence-electron chi connectivity index (χ0n) is 8.92. The van der Waals surface area contributed by atoms with Crippen molar-refractivity contribution in [1.82, 2.24) is 0 Å². The summed E-state index contributed by atoms with van der Waals surface area (Å²) in [5.74, 6) is 0.361. The lowest BCUT2D eigenvalue weighted by Crippen LogP contribution is -2.45. The number of methoxy groups -OCH3 is 1. The predicted molar refractivity (Wildman–Crippen MR) is 51.2 cm³/mol. The van der Waals surface area contributed by atoms with E-state index in [-0.39, 0.29) is 6.10 Å². The molecule has 0 aromatic rings. The van der Waals surface area contributed by atoms with E-state index in [2.05, 4.69) is 13.8 Å². The van der Waals surface area contributed by atoms with Crippen LogP contribution in [0.1, 0.15) is 40.5 Å². The molecule has 0 bridgehead atoms. The van der Waals surface area contributed by atoms with Gasteiger partial charge in [0.15, 0.2) is 0 Å². The Kier molecular flexibility index (Phi) is 4.80. The monoisotopic (exact) mass is 174 g/mol. The van der Waals surface area contributed by atoms with Crippen molar-refractivity contribution < 1.29 is 9.84 Å². The first-order valence-electron chi connectivity index (χ1n) is 4.77. The van der Waals surface area contributed by atoms with E-state index < -0.39 is 5.60 Å². The van der Waals surface area contributed by atoms with Crippen molar-refractivity contribution in [1.29, 1.82) is 0 Å². The Morgan fingerprint density at radius 2 is 1.67 bits per heavy atom. The van der Waals surface area contributed by atoms with Gasteiger partial charge in [0.1, 0.15) is 0 Å². The molecule has 0 aromatic heterocycles. The van der Waals surface area contributed by atoms with E-state index in [0.29, 0.717) is 5.92 Å². The van der Waals surface area contributed by atoms with Crippen LogP contribution in [0.5, 0.6) is 0 Å². The maximum absolute atomic E-state index is 10.1. The van der Waals surface area contributed by atoms with Gasteiger partial charge in [-0.1, -0.05) is 27.7 Å². The van der Waals surface area contributed by atoms with E-state index in [1.807, 2.05) is 13.8 Å². The molecule has 0 aliphatic carbocycles. The minimum atomic E-state index is -0.650. The summed E-state index contributed by atoms with van der Waals surface area (Å²) in [4.78, 5) is 0. The molecule has 2 heteroatoms. The molecule has 74 valence electrons. The van der Waals surface area contributed by atoms with E-state index in [1.165, 1.54) is 0 Å². The topological polar surface area (TPSA) is 29.5 Å². The maximum atomic E-state index is 10.1. The summed E-state index contributed by atoms with van der Waals surface area (Å²) in [6.07, 6.45) is 1.45. The first kappa shape index (κ1) is 11.9. The predicted octanol–water partition coefficient (Wildman–Crippen LogP) is 2.21. The molecule has 0 rings (SSSR count). The lowest BCUT2D eigenvalue weighted by atomic mass is 9.84. The average molecular weight is 174 g/mol. The summed E-state index contributed by atoms with van der Waals surface area (Å²) in [5.41, 5.74) is -0.650. The molecule has 1 N–H and O–H groups in total. The van der Waals surface area contributed by atoms with Gasteiger partial charge >= 0.3 is 0 Å². The number of ether oxygens (including phenoxy) is 1. The standard InChI is InChI=1S/C10H22O2/c1-6-10(11,7-2)9(12-5)8(3)4/h8-9,11H,6-7H2,1-5H3/t9-/m0/s1. The van der Waals surface area contributed by atoms with Gasteiger partial charge in [-0.2, -0.15) is 0 Å². The van der Waals surface area contributed by atoms with E-state index in [0.717, 1.165) is 12.8 Å². The highest BCUT2D eigenvalue weighted by atomic mass is 16.5. The van der Waals surface area contributed by atoms with Crippen LogP contribution in [-0.2, 0) is 4.74 Å². The molecule has 0 saturated carbocycles. The molecule has 0 saturated heterocycles. The van der Waals surface area contributed by atoms with Crippen LogP contribution in [0.25, 0.3) is 0 Å². The Bertz CT molecular complexity index is 117. The fraction of sp³-hybridized carbons (Fsp3) is 1.00. The van der Waals surface area contributed by atoms with Crippen LogP contribution >= 0.6 is 0 Å². The highest BCUT2D eigenvalue weighted by Gasteiger charge is 2.35. The van der Waals surface area contributed by atoms with Crippen molar-refractivity contribution in [2.24, 2.45) is 5.92 Å². The van der Waals surface area contributed by atoms with Crippen molar-refractivity contribution in [3.63, 3.8) is 0 Å². The summed E-state index contributed by atoms with van der Waals surface area (Å²) >= 11 is 0. The van der Waals surface area contributed by atoms with Crippen LogP contribution in [0, 0.1) is 5.92 Å². The molecule has 12 heavy (non-hydrogen) atoms. The quantitative estimate of drug-likeness (QED) is 0.692. The number of rotatable bonds is 5. The van der Waals surface area contributed by atoms with Gasteiger partial charge in [0.2, 0.25) is 0 Å². The fourth-order valence-electron chi connectivity index (χ4n) is 1.76. The van der Waals surface area contributed by atoms with Crippen LogP contribution in [0.15, 0.2) is 0 Å². The molecule has 0 aliphatic rings. The Hall–Kier alpha value is -0.0800. The first-order valence-corrected chi connectivity index (χ1v) is 4.77. The van der Waals surface area contributed by atoms with Crippen molar-refractivity contribution in [2.75, 3.05) is 7.11 Å². The molecule has 0 fully saturated rings. The zero-order valence-corrected chi connectivity index (χ0v) is 8.92. The van der Waals surface area contributed by atoms with Crippen LogP contribution in [0.3, 0.4) is 0 Å². The van der Waals surface area contributed by atoms with E-state index in [1.54, 1.807) is 7.11 Å². The van der Waals surface area contributed by atoms with Gasteiger partial charge in [0.05, 0.1) is 11.7 Å².